The fraction of sp³-hybridized carbons (Fsp3) is 0.143. The molecule has 0 aliphatic carbocycles. The predicted octanol–water partition coefficient (Wildman–Crippen LogP) is 4.88. The normalized spacial score (nSPS) is 10.8. The van der Waals surface area contributed by atoms with Crippen LogP contribution in [-0.4, -0.2) is 21.8 Å². The van der Waals surface area contributed by atoms with Crippen molar-refractivity contribution in [2.75, 3.05) is 10.6 Å². The van der Waals surface area contributed by atoms with E-state index in [4.69, 9.17) is 0 Å². The Kier molecular flexibility index (Phi) is 5.64. The molecule has 146 valence electrons. The van der Waals surface area contributed by atoms with Crippen molar-refractivity contribution in [2.24, 2.45) is 0 Å². The Balaban J connectivity index is 1.30. The van der Waals surface area contributed by atoms with Gasteiger partial charge in [-0.3, -0.25) is 14.9 Å². The quantitative estimate of drug-likeness (QED) is 0.464. The summed E-state index contributed by atoms with van der Waals surface area (Å²) in [5.74, 6) is -0.307. The second kappa shape index (κ2) is 8.50. The number of amides is 2. The first-order valence-corrected chi connectivity index (χ1v) is 10.7. The molecule has 6 nitrogen and oxygen atoms in total. The van der Waals surface area contributed by atoms with Crippen LogP contribution in [0.25, 0.3) is 10.2 Å². The van der Waals surface area contributed by atoms with Gasteiger partial charge in [0.15, 0.2) is 10.3 Å². The third kappa shape index (κ3) is 4.85. The van der Waals surface area contributed by atoms with Crippen LogP contribution < -0.4 is 10.6 Å². The van der Waals surface area contributed by atoms with E-state index in [1.54, 1.807) is 12.1 Å². The average molecular weight is 423 g/mol. The van der Waals surface area contributed by atoms with E-state index >= 15 is 0 Å². The number of hydrogen-bond donors (Lipinski definition) is 2. The molecule has 2 aromatic heterocycles. The zero-order chi connectivity index (χ0) is 20.2. The fourth-order valence-corrected chi connectivity index (χ4v) is 4.47. The number of fused-ring (bicyclic) bond motifs is 1. The Morgan fingerprint density at radius 1 is 1.00 bits per heavy atom. The van der Waals surface area contributed by atoms with Gasteiger partial charge in [0.2, 0.25) is 5.91 Å². The van der Waals surface area contributed by atoms with E-state index in [2.05, 4.69) is 26.7 Å². The Bertz CT molecular complexity index is 1170. The van der Waals surface area contributed by atoms with Crippen molar-refractivity contribution >= 4 is 55.0 Å². The first kappa shape index (κ1) is 19.2. The van der Waals surface area contributed by atoms with Crippen molar-refractivity contribution in [3.8, 4) is 0 Å². The topological polar surface area (TPSA) is 84.0 Å². The molecule has 0 saturated carbocycles. The number of benzene rings is 2. The Labute approximate surface area is 175 Å². The van der Waals surface area contributed by atoms with Gasteiger partial charge in [0.05, 0.1) is 15.9 Å². The van der Waals surface area contributed by atoms with Gasteiger partial charge >= 0.3 is 0 Å². The molecule has 2 N–H and O–H groups in total. The molecule has 0 saturated heterocycles. The number of hydrogen-bond acceptors (Lipinski definition) is 6. The summed E-state index contributed by atoms with van der Waals surface area (Å²) in [7, 11) is 0. The summed E-state index contributed by atoms with van der Waals surface area (Å²) in [6, 6.07) is 15.0. The molecule has 4 rings (SSSR count). The van der Waals surface area contributed by atoms with Crippen molar-refractivity contribution in [1.29, 1.82) is 0 Å². The maximum absolute atomic E-state index is 12.3. The summed E-state index contributed by atoms with van der Waals surface area (Å²) >= 11 is 2.81. The largest absolute Gasteiger partial charge is 0.302 e. The zero-order valence-electron chi connectivity index (χ0n) is 15.6. The minimum atomic E-state index is -0.199. The van der Waals surface area contributed by atoms with Gasteiger partial charge < -0.3 is 5.32 Å². The summed E-state index contributed by atoms with van der Waals surface area (Å²) in [6.07, 6.45) is 0.790. The maximum atomic E-state index is 12.3. The van der Waals surface area contributed by atoms with E-state index in [-0.39, 0.29) is 11.8 Å². The number of aryl methyl sites for hydroxylation is 2. The Morgan fingerprint density at radius 3 is 2.66 bits per heavy atom. The third-order valence-corrected chi connectivity index (χ3v) is 5.95. The lowest BCUT2D eigenvalue weighted by Crippen LogP contribution is -2.13. The van der Waals surface area contributed by atoms with Gasteiger partial charge in [0.1, 0.15) is 0 Å². The maximum Gasteiger partial charge on any atom is 0.257 e. The molecule has 2 aromatic carbocycles. The van der Waals surface area contributed by atoms with Crippen molar-refractivity contribution in [3.05, 3.63) is 70.7 Å². The van der Waals surface area contributed by atoms with E-state index in [0.717, 1.165) is 21.5 Å². The number of carbonyl (C=O) groups excluding carboxylic acids is 2. The highest BCUT2D eigenvalue weighted by Gasteiger charge is 2.11. The van der Waals surface area contributed by atoms with E-state index in [9.17, 15) is 9.59 Å². The highest BCUT2D eigenvalue weighted by Crippen LogP contribution is 2.27. The molecular weight excluding hydrogens is 404 g/mol. The molecule has 0 atom stereocenters. The van der Waals surface area contributed by atoms with Crippen molar-refractivity contribution < 1.29 is 9.59 Å². The van der Waals surface area contributed by atoms with Gasteiger partial charge in [-0.1, -0.05) is 35.6 Å². The summed E-state index contributed by atoms with van der Waals surface area (Å²) < 4.78 is 1.05. The van der Waals surface area contributed by atoms with Crippen molar-refractivity contribution in [2.45, 2.75) is 19.8 Å². The lowest BCUT2D eigenvalue weighted by Gasteiger charge is -2.01. The standard InChI is InChI=1S/C21H18N4O2S2/c1-13-7-9-16-17(11-13)29-21(23-16)24-18(26)10-8-15-12-28-20(22-15)25-19(27)14-5-3-2-4-6-14/h2-7,9,11-12H,8,10H2,1H3,(H,22,25,27)(H,23,24,26). The number of anilines is 2. The van der Waals surface area contributed by atoms with Crippen LogP contribution in [-0.2, 0) is 11.2 Å². The number of nitrogens with zero attached hydrogens (tertiary/aromatic N) is 2. The molecule has 0 bridgehead atoms. The summed E-state index contributed by atoms with van der Waals surface area (Å²) in [4.78, 5) is 33.3. The monoisotopic (exact) mass is 422 g/mol. The molecule has 2 amide bonds. The van der Waals surface area contributed by atoms with Crippen LogP contribution in [0.1, 0.15) is 28.0 Å². The van der Waals surface area contributed by atoms with E-state index in [1.807, 2.05) is 42.6 Å². The molecule has 0 aliphatic heterocycles. The number of thiazole rings is 2. The zero-order valence-corrected chi connectivity index (χ0v) is 17.3. The number of rotatable bonds is 6. The number of nitrogens with one attached hydrogen (secondary N) is 2. The van der Waals surface area contributed by atoms with Gasteiger partial charge in [0, 0.05) is 17.4 Å². The molecule has 0 spiro atoms. The summed E-state index contributed by atoms with van der Waals surface area (Å²) in [5, 5.41) is 8.62. The van der Waals surface area contributed by atoms with E-state index in [1.165, 1.54) is 22.7 Å². The van der Waals surface area contributed by atoms with Crippen LogP contribution in [0, 0.1) is 6.92 Å². The molecule has 2 heterocycles. The van der Waals surface area contributed by atoms with Gasteiger partial charge in [-0.2, -0.15) is 0 Å². The smallest absolute Gasteiger partial charge is 0.257 e. The van der Waals surface area contributed by atoms with Crippen LogP contribution in [0.4, 0.5) is 10.3 Å². The molecule has 8 heteroatoms. The Morgan fingerprint density at radius 2 is 1.83 bits per heavy atom. The van der Waals surface area contributed by atoms with Crippen LogP contribution in [0.3, 0.4) is 0 Å². The summed E-state index contributed by atoms with van der Waals surface area (Å²) in [6.45, 7) is 2.03. The van der Waals surface area contributed by atoms with Gasteiger partial charge in [-0.25, -0.2) is 9.97 Å². The molecular formula is C21H18N4O2S2. The fourth-order valence-electron chi connectivity index (χ4n) is 2.75. The average Bonchev–Trinajstić information content (AvgIpc) is 3.32. The second-order valence-corrected chi connectivity index (χ2v) is 8.39. The van der Waals surface area contributed by atoms with Crippen LogP contribution >= 0.6 is 22.7 Å². The number of aromatic nitrogens is 2. The molecule has 0 fully saturated rings. The first-order chi connectivity index (χ1) is 14.1. The minimum Gasteiger partial charge on any atom is -0.302 e. The van der Waals surface area contributed by atoms with Gasteiger partial charge in [-0.15, -0.1) is 11.3 Å². The van der Waals surface area contributed by atoms with Crippen LogP contribution in [0.15, 0.2) is 53.9 Å². The molecule has 0 radical (unpaired) electrons. The number of carbonyl (C=O) groups is 2. The third-order valence-electron chi connectivity index (χ3n) is 4.21. The first-order valence-electron chi connectivity index (χ1n) is 9.05. The highest BCUT2D eigenvalue weighted by atomic mass is 32.1. The lowest BCUT2D eigenvalue weighted by molar-refractivity contribution is -0.116. The van der Waals surface area contributed by atoms with E-state index in [0.29, 0.717) is 28.7 Å². The summed E-state index contributed by atoms with van der Waals surface area (Å²) in [5.41, 5.74) is 3.40. The SMILES string of the molecule is Cc1ccc2nc(NC(=O)CCc3csc(NC(=O)c4ccccc4)n3)sc2c1. The predicted molar refractivity (Wildman–Crippen MR) is 118 cm³/mol. The van der Waals surface area contributed by atoms with Crippen molar-refractivity contribution in [3.63, 3.8) is 0 Å². The lowest BCUT2D eigenvalue weighted by atomic mass is 10.2. The molecule has 0 aliphatic rings. The van der Waals surface area contributed by atoms with Crippen molar-refractivity contribution in [1.82, 2.24) is 9.97 Å². The van der Waals surface area contributed by atoms with Gasteiger partial charge in [-0.05, 0) is 43.2 Å². The Hall–Kier alpha value is -3.10. The van der Waals surface area contributed by atoms with Crippen LogP contribution in [0.2, 0.25) is 0 Å². The molecule has 4 aromatic rings. The second-order valence-electron chi connectivity index (χ2n) is 6.50. The van der Waals surface area contributed by atoms with Gasteiger partial charge in [0.25, 0.3) is 5.91 Å². The van der Waals surface area contributed by atoms with E-state index < -0.39 is 0 Å². The molecule has 29 heavy (non-hydrogen) atoms. The molecule has 0 unspecified atom stereocenters. The highest BCUT2D eigenvalue weighted by molar-refractivity contribution is 7.22. The van der Waals surface area contributed by atoms with Crippen LogP contribution in [0.5, 0.6) is 0 Å². The minimum absolute atomic E-state index is 0.108.